The number of amides is 1. The summed E-state index contributed by atoms with van der Waals surface area (Å²) < 4.78 is 1.81. The molecule has 1 fully saturated rings. The van der Waals surface area contributed by atoms with Gasteiger partial charge < -0.3 is 9.80 Å². The quantitative estimate of drug-likeness (QED) is 0.766. The van der Waals surface area contributed by atoms with E-state index in [1.165, 1.54) is 4.68 Å². The van der Waals surface area contributed by atoms with Gasteiger partial charge in [0.05, 0.1) is 17.3 Å². The smallest absolute Gasteiger partial charge is 0.282 e. The average Bonchev–Trinajstić information content (AvgIpc) is 2.66. The van der Waals surface area contributed by atoms with Gasteiger partial charge in [-0.25, -0.2) is 4.68 Å². The van der Waals surface area contributed by atoms with Gasteiger partial charge in [-0.2, -0.15) is 5.10 Å². The molecular weight excluding hydrogens is 396 g/mol. The molecule has 0 saturated carbocycles. The van der Waals surface area contributed by atoms with Crippen molar-refractivity contribution in [1.29, 1.82) is 0 Å². The Morgan fingerprint density at radius 3 is 2.35 bits per heavy atom. The van der Waals surface area contributed by atoms with E-state index in [1.54, 1.807) is 13.2 Å². The third-order valence-corrected chi connectivity index (χ3v) is 5.74. The van der Waals surface area contributed by atoms with E-state index in [4.69, 9.17) is 0 Å². The van der Waals surface area contributed by atoms with E-state index in [9.17, 15) is 9.59 Å². The summed E-state index contributed by atoms with van der Waals surface area (Å²) in [6.45, 7) is 6.53. The van der Waals surface area contributed by atoms with Crippen molar-refractivity contribution in [2.75, 3.05) is 31.1 Å². The van der Waals surface area contributed by atoms with Crippen molar-refractivity contribution >= 4 is 27.5 Å². The van der Waals surface area contributed by atoms with Gasteiger partial charge in [0.2, 0.25) is 5.91 Å². The molecule has 0 radical (unpaired) electrons. The molecule has 6 nitrogen and oxygen atoms in total. The minimum Gasteiger partial charge on any atom is -0.366 e. The van der Waals surface area contributed by atoms with Crippen LogP contribution < -0.4 is 10.5 Å². The fourth-order valence-corrected chi connectivity index (χ4v) is 3.86. The fraction of sp³-hybridized carbons (Fsp3) is 0.421. The Labute approximate surface area is 161 Å². The van der Waals surface area contributed by atoms with E-state index < -0.39 is 5.41 Å². The molecule has 1 aromatic heterocycles. The molecule has 1 aromatic carbocycles. The number of nitrogens with zero attached hydrogens (tertiary/aromatic N) is 4. The molecule has 2 aromatic rings. The molecule has 3 rings (SSSR count). The van der Waals surface area contributed by atoms with Crippen molar-refractivity contribution in [3.63, 3.8) is 0 Å². The number of benzene rings is 1. The predicted octanol–water partition coefficient (Wildman–Crippen LogP) is 2.17. The summed E-state index contributed by atoms with van der Waals surface area (Å²) in [7, 11) is 1.62. The summed E-state index contributed by atoms with van der Waals surface area (Å²) in [4.78, 5) is 29.1. The molecule has 138 valence electrons. The highest BCUT2D eigenvalue weighted by atomic mass is 79.9. The highest BCUT2D eigenvalue weighted by Gasteiger charge is 2.35. The predicted molar refractivity (Wildman–Crippen MR) is 105 cm³/mol. The normalized spacial score (nSPS) is 15.2. The van der Waals surface area contributed by atoms with E-state index in [-0.39, 0.29) is 11.5 Å². The van der Waals surface area contributed by atoms with E-state index in [0.717, 1.165) is 11.3 Å². The van der Waals surface area contributed by atoms with Crippen LogP contribution in [0.15, 0.2) is 45.8 Å². The molecule has 0 N–H and O–H groups in total. The average molecular weight is 419 g/mol. The van der Waals surface area contributed by atoms with Gasteiger partial charge in [-0.15, -0.1) is 0 Å². The Morgan fingerprint density at radius 1 is 1.12 bits per heavy atom. The standard InChI is InChI=1S/C19H23BrN4O2/c1-19(2,14-7-5-4-6-8-14)18(26)24-11-9-23(10-12-24)15-13-21-22(3)17(25)16(15)20/h4-8,13H,9-12H2,1-3H3. The molecule has 7 heteroatoms. The third-order valence-electron chi connectivity index (χ3n) is 5.00. The van der Waals surface area contributed by atoms with Crippen LogP contribution in [0.25, 0.3) is 0 Å². The van der Waals surface area contributed by atoms with Crippen LogP contribution in [0.1, 0.15) is 19.4 Å². The maximum atomic E-state index is 13.1. The number of halogens is 1. The number of hydrogen-bond donors (Lipinski definition) is 0. The van der Waals surface area contributed by atoms with Crippen molar-refractivity contribution < 1.29 is 4.79 Å². The van der Waals surface area contributed by atoms with Crippen LogP contribution >= 0.6 is 15.9 Å². The summed E-state index contributed by atoms with van der Waals surface area (Å²) in [6, 6.07) is 9.87. The van der Waals surface area contributed by atoms with Crippen molar-refractivity contribution in [3.8, 4) is 0 Å². The second-order valence-electron chi connectivity index (χ2n) is 7.04. The maximum Gasteiger partial charge on any atom is 0.282 e. The molecule has 1 aliphatic rings. The number of hydrogen-bond acceptors (Lipinski definition) is 4. The Kier molecular flexibility index (Phi) is 5.18. The summed E-state index contributed by atoms with van der Waals surface area (Å²) in [5.41, 5.74) is 1.08. The summed E-state index contributed by atoms with van der Waals surface area (Å²) >= 11 is 3.38. The molecule has 1 saturated heterocycles. The Hall–Kier alpha value is -2.15. The molecule has 1 aliphatic heterocycles. The molecule has 0 spiro atoms. The monoisotopic (exact) mass is 418 g/mol. The van der Waals surface area contributed by atoms with E-state index in [2.05, 4.69) is 25.9 Å². The molecule has 0 atom stereocenters. The Bertz CT molecular complexity index is 856. The van der Waals surface area contributed by atoms with Crippen molar-refractivity contribution in [2.24, 2.45) is 7.05 Å². The first kappa shape index (κ1) is 18.6. The van der Waals surface area contributed by atoms with Gasteiger partial charge in [0.25, 0.3) is 5.56 Å². The van der Waals surface area contributed by atoms with Gasteiger partial charge in [-0.05, 0) is 35.3 Å². The van der Waals surface area contributed by atoms with E-state index in [1.807, 2.05) is 49.1 Å². The van der Waals surface area contributed by atoms with E-state index in [0.29, 0.717) is 30.7 Å². The lowest BCUT2D eigenvalue weighted by atomic mass is 9.83. The van der Waals surface area contributed by atoms with Gasteiger partial charge in [-0.3, -0.25) is 9.59 Å². The maximum absolute atomic E-state index is 13.1. The first-order valence-electron chi connectivity index (χ1n) is 8.64. The van der Waals surface area contributed by atoms with E-state index >= 15 is 0 Å². The van der Waals surface area contributed by atoms with Gasteiger partial charge >= 0.3 is 0 Å². The fourth-order valence-electron chi connectivity index (χ4n) is 3.25. The van der Waals surface area contributed by atoms with Crippen LogP contribution in [0.2, 0.25) is 0 Å². The zero-order valence-corrected chi connectivity index (χ0v) is 16.9. The minimum absolute atomic E-state index is 0.129. The second kappa shape index (κ2) is 7.23. The Balaban J connectivity index is 1.72. The van der Waals surface area contributed by atoms with Gasteiger partial charge in [0, 0.05) is 33.2 Å². The van der Waals surface area contributed by atoms with Crippen LogP contribution in [-0.2, 0) is 17.3 Å². The first-order valence-corrected chi connectivity index (χ1v) is 9.43. The van der Waals surface area contributed by atoms with Gasteiger partial charge in [0.1, 0.15) is 4.47 Å². The van der Waals surface area contributed by atoms with Crippen LogP contribution in [0, 0.1) is 0 Å². The molecule has 2 heterocycles. The number of anilines is 1. The lowest BCUT2D eigenvalue weighted by Crippen LogP contribution is -2.53. The third kappa shape index (κ3) is 3.40. The first-order chi connectivity index (χ1) is 12.3. The molecule has 0 bridgehead atoms. The number of carbonyl (C=O) groups excluding carboxylic acids is 1. The lowest BCUT2D eigenvalue weighted by molar-refractivity contribution is -0.136. The number of aryl methyl sites for hydroxylation is 1. The number of carbonyl (C=O) groups is 1. The van der Waals surface area contributed by atoms with Crippen molar-refractivity contribution in [3.05, 3.63) is 56.9 Å². The zero-order chi connectivity index (χ0) is 18.9. The van der Waals surface area contributed by atoms with Crippen molar-refractivity contribution in [2.45, 2.75) is 19.3 Å². The summed E-state index contributed by atoms with van der Waals surface area (Å²) in [6.07, 6.45) is 1.69. The zero-order valence-electron chi connectivity index (χ0n) is 15.3. The second-order valence-corrected chi connectivity index (χ2v) is 7.84. The summed E-state index contributed by atoms with van der Waals surface area (Å²) in [5, 5.41) is 4.10. The number of aromatic nitrogens is 2. The molecule has 0 unspecified atom stereocenters. The summed E-state index contributed by atoms with van der Waals surface area (Å²) in [5.74, 6) is 0.129. The van der Waals surface area contributed by atoms with Gasteiger partial charge in [0.15, 0.2) is 0 Å². The van der Waals surface area contributed by atoms with Gasteiger partial charge in [-0.1, -0.05) is 30.3 Å². The van der Waals surface area contributed by atoms with Crippen LogP contribution in [0.3, 0.4) is 0 Å². The highest BCUT2D eigenvalue weighted by Crippen LogP contribution is 2.27. The molecule has 0 aliphatic carbocycles. The van der Waals surface area contributed by atoms with Crippen LogP contribution in [0.4, 0.5) is 5.69 Å². The lowest BCUT2D eigenvalue weighted by Gasteiger charge is -2.39. The largest absolute Gasteiger partial charge is 0.366 e. The molecule has 1 amide bonds. The van der Waals surface area contributed by atoms with Crippen LogP contribution in [0.5, 0.6) is 0 Å². The minimum atomic E-state index is -0.561. The van der Waals surface area contributed by atoms with Crippen molar-refractivity contribution in [1.82, 2.24) is 14.7 Å². The SMILES string of the molecule is Cn1ncc(N2CCN(C(=O)C(C)(C)c3ccccc3)CC2)c(Br)c1=O. The highest BCUT2D eigenvalue weighted by molar-refractivity contribution is 9.10. The number of piperazine rings is 1. The Morgan fingerprint density at radius 2 is 1.73 bits per heavy atom. The number of rotatable bonds is 3. The van der Waals surface area contributed by atoms with Crippen LogP contribution in [-0.4, -0.2) is 46.8 Å². The molecule has 26 heavy (non-hydrogen) atoms. The topological polar surface area (TPSA) is 58.4 Å². The molecular formula is C19H23BrN4O2.